The van der Waals surface area contributed by atoms with E-state index in [1.165, 1.54) is 17.0 Å². The predicted octanol–water partition coefficient (Wildman–Crippen LogP) is 3.70. The van der Waals surface area contributed by atoms with Gasteiger partial charge < -0.3 is 15.5 Å². The first-order valence-electron chi connectivity index (χ1n) is 12.2. The molecule has 1 atom stereocenters. The molecular formula is C25H32FN7O2S. The fourth-order valence-electron chi connectivity index (χ4n) is 3.98. The summed E-state index contributed by atoms with van der Waals surface area (Å²) in [6.45, 7) is 10.3. The minimum atomic E-state index is -0.458. The first-order chi connectivity index (χ1) is 17.2. The molecule has 2 aromatic heterocycles. The number of anilines is 2. The van der Waals surface area contributed by atoms with Gasteiger partial charge in [-0.15, -0.1) is 0 Å². The predicted molar refractivity (Wildman–Crippen MR) is 140 cm³/mol. The maximum atomic E-state index is 13.2. The van der Waals surface area contributed by atoms with E-state index < -0.39 is 5.92 Å². The van der Waals surface area contributed by atoms with E-state index in [4.69, 9.17) is 9.97 Å². The number of rotatable bonds is 10. The summed E-state index contributed by atoms with van der Waals surface area (Å²) in [5.41, 5.74) is 1.31. The highest BCUT2D eigenvalue weighted by atomic mass is 32.2. The highest BCUT2D eigenvalue weighted by Crippen LogP contribution is 2.27. The number of halogens is 1. The molecule has 1 saturated heterocycles. The number of hydrogen-bond acceptors (Lipinski definition) is 7. The Hall–Kier alpha value is -3.21. The second-order valence-electron chi connectivity index (χ2n) is 9.57. The Morgan fingerprint density at radius 2 is 1.94 bits per heavy atom. The quantitative estimate of drug-likeness (QED) is 0.315. The lowest BCUT2D eigenvalue weighted by molar-refractivity contribution is -0.126. The van der Waals surface area contributed by atoms with Gasteiger partial charge in [0, 0.05) is 37.0 Å². The summed E-state index contributed by atoms with van der Waals surface area (Å²) in [6, 6.07) is 5.72. The summed E-state index contributed by atoms with van der Waals surface area (Å²) >= 11 is 1.59. The van der Waals surface area contributed by atoms with Gasteiger partial charge in [0.2, 0.25) is 11.8 Å². The lowest BCUT2D eigenvalue weighted by Crippen LogP contribution is -2.35. The zero-order chi connectivity index (χ0) is 25.8. The molecule has 3 heterocycles. The summed E-state index contributed by atoms with van der Waals surface area (Å²) in [4.78, 5) is 36.1. The van der Waals surface area contributed by atoms with Crippen LogP contribution >= 0.6 is 11.8 Å². The minimum absolute atomic E-state index is 0.127. The minimum Gasteiger partial charge on any atom is -0.369 e. The highest BCUT2D eigenvalue weighted by Gasteiger charge is 2.35. The van der Waals surface area contributed by atoms with Crippen molar-refractivity contribution in [3.8, 4) is 0 Å². The van der Waals surface area contributed by atoms with Crippen molar-refractivity contribution in [3.63, 3.8) is 0 Å². The molecule has 1 aliphatic rings. The van der Waals surface area contributed by atoms with Crippen LogP contribution in [0.1, 0.15) is 34.1 Å². The molecule has 3 aromatic rings. The van der Waals surface area contributed by atoms with Gasteiger partial charge in [0.15, 0.2) is 10.8 Å². The third kappa shape index (κ3) is 6.13. The maximum absolute atomic E-state index is 13.2. The maximum Gasteiger partial charge on any atom is 0.227 e. The molecular weight excluding hydrogens is 481 g/mol. The van der Waals surface area contributed by atoms with Gasteiger partial charge in [0.05, 0.1) is 24.0 Å². The average molecular weight is 514 g/mol. The molecule has 11 heteroatoms. The van der Waals surface area contributed by atoms with Crippen molar-refractivity contribution in [1.82, 2.24) is 25.1 Å². The highest BCUT2D eigenvalue weighted by molar-refractivity contribution is 7.99. The zero-order valence-electron chi connectivity index (χ0n) is 21.0. The summed E-state index contributed by atoms with van der Waals surface area (Å²) < 4.78 is 15.0. The van der Waals surface area contributed by atoms with Gasteiger partial charge in [-0.25, -0.2) is 19.0 Å². The Kier molecular flexibility index (Phi) is 8.07. The molecule has 0 radical (unpaired) electrons. The molecule has 0 bridgehead atoms. The standard InChI is InChI=1S/C25H32FN7O2S/c1-15(2)12-28-22-20-13-29-33(23(20)31-25(30-22)36-16(3)4)10-9-27-24(35)17-11-21(34)32(14-17)19-7-5-18(26)6-8-19/h5-8,13,15-17H,9-12,14H2,1-4H3,(H,27,35)(H,28,30,31). The Morgan fingerprint density at radius 1 is 1.19 bits per heavy atom. The van der Waals surface area contributed by atoms with Crippen LogP contribution in [0.2, 0.25) is 0 Å². The SMILES string of the molecule is CC(C)CNc1nc(SC(C)C)nc2c1cnn2CCNC(=O)C1CC(=O)N(c2ccc(F)cc2)C1. The number of benzene rings is 1. The van der Waals surface area contributed by atoms with Gasteiger partial charge in [-0.05, 0) is 30.2 Å². The van der Waals surface area contributed by atoms with Gasteiger partial charge in [-0.1, -0.05) is 39.5 Å². The summed E-state index contributed by atoms with van der Waals surface area (Å²) in [5, 5.41) is 12.7. The van der Waals surface area contributed by atoms with Crippen LogP contribution in [0.25, 0.3) is 11.0 Å². The topological polar surface area (TPSA) is 105 Å². The van der Waals surface area contributed by atoms with Crippen molar-refractivity contribution in [3.05, 3.63) is 36.3 Å². The lowest BCUT2D eigenvalue weighted by Gasteiger charge is -2.16. The molecule has 1 aliphatic heterocycles. The van der Waals surface area contributed by atoms with Crippen LogP contribution in [0.4, 0.5) is 15.9 Å². The van der Waals surface area contributed by atoms with E-state index in [0.717, 1.165) is 17.7 Å². The van der Waals surface area contributed by atoms with Crippen LogP contribution in [0.3, 0.4) is 0 Å². The van der Waals surface area contributed by atoms with Gasteiger partial charge in [-0.2, -0.15) is 5.10 Å². The molecule has 192 valence electrons. The van der Waals surface area contributed by atoms with Crippen molar-refractivity contribution in [2.45, 2.75) is 51.1 Å². The van der Waals surface area contributed by atoms with Crippen LogP contribution in [-0.4, -0.2) is 56.4 Å². The molecule has 0 saturated carbocycles. The van der Waals surface area contributed by atoms with E-state index in [1.54, 1.807) is 34.8 Å². The van der Waals surface area contributed by atoms with Gasteiger partial charge in [0.25, 0.3) is 0 Å². The molecule has 0 aliphatic carbocycles. The van der Waals surface area contributed by atoms with Crippen LogP contribution in [0.15, 0.2) is 35.6 Å². The van der Waals surface area contributed by atoms with Crippen LogP contribution in [0, 0.1) is 17.7 Å². The molecule has 2 N–H and O–H groups in total. The van der Waals surface area contributed by atoms with E-state index in [-0.39, 0.29) is 30.6 Å². The van der Waals surface area contributed by atoms with Crippen molar-refractivity contribution in [1.29, 1.82) is 0 Å². The van der Waals surface area contributed by atoms with Crippen molar-refractivity contribution in [2.24, 2.45) is 11.8 Å². The molecule has 0 spiro atoms. The monoisotopic (exact) mass is 513 g/mol. The summed E-state index contributed by atoms with van der Waals surface area (Å²) in [7, 11) is 0. The number of hydrogen-bond donors (Lipinski definition) is 2. The van der Waals surface area contributed by atoms with Crippen LogP contribution < -0.4 is 15.5 Å². The molecule has 4 rings (SSSR count). The Morgan fingerprint density at radius 3 is 2.64 bits per heavy atom. The number of nitrogens with one attached hydrogen (secondary N) is 2. The fraction of sp³-hybridized carbons (Fsp3) is 0.480. The van der Waals surface area contributed by atoms with E-state index in [9.17, 15) is 14.0 Å². The second kappa shape index (κ2) is 11.2. The molecule has 1 aromatic carbocycles. The number of amides is 2. The van der Waals surface area contributed by atoms with Gasteiger partial charge >= 0.3 is 0 Å². The number of carbonyl (C=O) groups is 2. The van der Waals surface area contributed by atoms with E-state index in [0.29, 0.717) is 40.7 Å². The molecule has 1 unspecified atom stereocenters. The third-order valence-corrected chi connectivity index (χ3v) is 6.62. The Balaban J connectivity index is 1.40. The molecule has 1 fully saturated rings. The van der Waals surface area contributed by atoms with E-state index in [1.807, 2.05) is 0 Å². The van der Waals surface area contributed by atoms with E-state index >= 15 is 0 Å². The largest absolute Gasteiger partial charge is 0.369 e. The zero-order valence-corrected chi connectivity index (χ0v) is 21.8. The van der Waals surface area contributed by atoms with Crippen molar-refractivity contribution in [2.75, 3.05) is 29.9 Å². The Labute approximate surface area is 214 Å². The molecule has 36 heavy (non-hydrogen) atoms. The lowest BCUT2D eigenvalue weighted by atomic mass is 10.1. The number of thioether (sulfide) groups is 1. The van der Waals surface area contributed by atoms with Gasteiger partial charge in [0.1, 0.15) is 11.6 Å². The first-order valence-corrected chi connectivity index (χ1v) is 13.1. The number of fused-ring (bicyclic) bond motifs is 1. The fourth-order valence-corrected chi connectivity index (χ4v) is 4.69. The van der Waals surface area contributed by atoms with Crippen LogP contribution in [-0.2, 0) is 16.1 Å². The van der Waals surface area contributed by atoms with E-state index in [2.05, 4.69) is 43.4 Å². The smallest absolute Gasteiger partial charge is 0.227 e. The van der Waals surface area contributed by atoms with Crippen LogP contribution in [0.5, 0.6) is 0 Å². The molecule has 2 amide bonds. The van der Waals surface area contributed by atoms with Crippen molar-refractivity contribution < 1.29 is 14.0 Å². The Bertz CT molecular complexity index is 1230. The number of nitrogens with zero attached hydrogens (tertiary/aromatic N) is 5. The number of aromatic nitrogens is 4. The summed E-state index contributed by atoms with van der Waals surface area (Å²) in [5.74, 6) is 0.0666. The first kappa shape index (κ1) is 25.9. The average Bonchev–Trinajstić information content (AvgIpc) is 3.41. The molecule has 9 nitrogen and oxygen atoms in total. The second-order valence-corrected chi connectivity index (χ2v) is 11.1. The normalized spacial score (nSPS) is 15.9. The van der Waals surface area contributed by atoms with Gasteiger partial charge in [-0.3, -0.25) is 9.59 Å². The number of carbonyl (C=O) groups excluding carboxylic acids is 2. The third-order valence-electron chi connectivity index (χ3n) is 5.75. The van der Waals surface area contributed by atoms with Crippen molar-refractivity contribution >= 4 is 46.1 Å². The summed E-state index contributed by atoms with van der Waals surface area (Å²) in [6.07, 6.45) is 1.88.